The molecule has 0 unspecified atom stereocenters. The molecule has 0 radical (unpaired) electrons. The lowest BCUT2D eigenvalue weighted by Crippen LogP contribution is -2.38. The van der Waals surface area contributed by atoms with Crippen molar-refractivity contribution in [1.82, 2.24) is 4.90 Å². The predicted molar refractivity (Wildman–Crippen MR) is 68.0 cm³/mol. The van der Waals surface area contributed by atoms with Crippen molar-refractivity contribution in [2.75, 3.05) is 18.4 Å². The fraction of sp³-hybridized carbons (Fsp3) is 0.417. The molecule has 1 N–H and O–H groups in total. The normalized spacial score (nSPS) is 15.6. The van der Waals surface area contributed by atoms with Crippen LogP contribution in [0.4, 0.5) is 18.9 Å². The summed E-state index contributed by atoms with van der Waals surface area (Å²) >= 11 is 5.11. The fourth-order valence-corrected chi connectivity index (χ4v) is 2.23. The second-order valence-electron chi connectivity index (χ2n) is 4.23. The van der Waals surface area contributed by atoms with E-state index in [2.05, 4.69) is 5.32 Å². The maximum Gasteiger partial charge on any atom is 0.182 e. The summed E-state index contributed by atoms with van der Waals surface area (Å²) in [6.45, 7) is 1.57. The molecule has 1 saturated heterocycles. The Morgan fingerprint density at radius 3 is 2.44 bits per heavy atom. The number of benzene rings is 1. The van der Waals surface area contributed by atoms with Gasteiger partial charge in [0.05, 0.1) is 5.69 Å². The van der Waals surface area contributed by atoms with Gasteiger partial charge in [0.2, 0.25) is 0 Å². The number of hydrogen-bond acceptors (Lipinski definition) is 1. The molecule has 1 aromatic carbocycles. The summed E-state index contributed by atoms with van der Waals surface area (Å²) in [5.74, 6) is -3.17. The highest BCUT2D eigenvalue weighted by Gasteiger charge is 2.16. The molecule has 1 heterocycles. The van der Waals surface area contributed by atoms with Gasteiger partial charge in [0.15, 0.2) is 16.7 Å². The molecular formula is C12H13F3N2S. The van der Waals surface area contributed by atoms with E-state index in [1.807, 2.05) is 4.90 Å². The first kappa shape index (κ1) is 13.1. The van der Waals surface area contributed by atoms with Crippen molar-refractivity contribution in [3.8, 4) is 0 Å². The van der Waals surface area contributed by atoms with Crippen LogP contribution in [0.5, 0.6) is 0 Å². The standard InChI is InChI=1S/C12H13F3N2S/c13-8-6-9(14)11(15)10(7-8)16-12(18)17-4-2-1-3-5-17/h6-7H,1-5H2,(H,16,18). The number of nitrogens with zero attached hydrogens (tertiary/aromatic N) is 1. The summed E-state index contributed by atoms with van der Waals surface area (Å²) in [6.07, 6.45) is 3.17. The maximum atomic E-state index is 13.4. The van der Waals surface area contributed by atoms with E-state index >= 15 is 0 Å². The average Bonchev–Trinajstić information content (AvgIpc) is 2.36. The van der Waals surface area contributed by atoms with Crippen LogP contribution in [-0.4, -0.2) is 23.1 Å². The summed E-state index contributed by atoms with van der Waals surface area (Å²) in [7, 11) is 0. The van der Waals surface area contributed by atoms with E-state index in [1.165, 1.54) is 0 Å². The van der Waals surface area contributed by atoms with E-state index in [0.717, 1.165) is 38.4 Å². The van der Waals surface area contributed by atoms with E-state index in [-0.39, 0.29) is 5.69 Å². The quantitative estimate of drug-likeness (QED) is 0.625. The molecule has 1 aromatic rings. The summed E-state index contributed by atoms with van der Waals surface area (Å²) in [5.41, 5.74) is -0.261. The van der Waals surface area contributed by atoms with E-state index < -0.39 is 17.5 Å². The molecule has 0 spiro atoms. The molecule has 0 aromatic heterocycles. The van der Waals surface area contributed by atoms with Crippen molar-refractivity contribution >= 4 is 23.0 Å². The molecule has 1 aliphatic rings. The van der Waals surface area contributed by atoms with E-state index in [0.29, 0.717) is 11.2 Å². The molecule has 0 amide bonds. The lowest BCUT2D eigenvalue weighted by atomic mass is 10.1. The van der Waals surface area contributed by atoms with Gasteiger partial charge in [-0.1, -0.05) is 0 Å². The van der Waals surface area contributed by atoms with Crippen LogP contribution in [0, 0.1) is 17.5 Å². The smallest absolute Gasteiger partial charge is 0.182 e. The number of piperidine rings is 1. The van der Waals surface area contributed by atoms with E-state index in [4.69, 9.17) is 12.2 Å². The predicted octanol–water partition coefficient (Wildman–Crippen LogP) is 3.29. The van der Waals surface area contributed by atoms with Crippen molar-refractivity contribution in [3.05, 3.63) is 29.6 Å². The monoisotopic (exact) mass is 274 g/mol. The van der Waals surface area contributed by atoms with Gasteiger partial charge in [-0.25, -0.2) is 13.2 Å². The Morgan fingerprint density at radius 1 is 1.11 bits per heavy atom. The SMILES string of the molecule is Fc1cc(F)c(F)c(NC(=S)N2CCCCC2)c1. The van der Waals surface area contributed by atoms with Gasteiger partial charge >= 0.3 is 0 Å². The number of hydrogen-bond donors (Lipinski definition) is 1. The molecular weight excluding hydrogens is 261 g/mol. The Morgan fingerprint density at radius 2 is 1.78 bits per heavy atom. The molecule has 2 rings (SSSR count). The number of anilines is 1. The first-order valence-corrected chi connectivity index (χ1v) is 6.19. The second kappa shape index (κ2) is 5.56. The Balaban J connectivity index is 2.11. The van der Waals surface area contributed by atoms with Gasteiger partial charge in [-0.15, -0.1) is 0 Å². The van der Waals surface area contributed by atoms with Gasteiger partial charge in [-0.2, -0.15) is 0 Å². The third-order valence-corrected chi connectivity index (χ3v) is 3.24. The minimum atomic E-state index is -1.22. The molecule has 0 aliphatic carbocycles. The van der Waals surface area contributed by atoms with Gasteiger partial charge in [-0.3, -0.25) is 0 Å². The zero-order valence-electron chi connectivity index (χ0n) is 9.68. The molecule has 0 saturated carbocycles. The van der Waals surface area contributed by atoms with Crippen LogP contribution >= 0.6 is 12.2 Å². The fourth-order valence-electron chi connectivity index (χ4n) is 1.94. The van der Waals surface area contributed by atoms with Crippen molar-refractivity contribution in [1.29, 1.82) is 0 Å². The molecule has 1 aliphatic heterocycles. The lowest BCUT2D eigenvalue weighted by molar-refractivity contribution is 0.346. The lowest BCUT2D eigenvalue weighted by Gasteiger charge is -2.29. The Kier molecular flexibility index (Phi) is 4.06. The van der Waals surface area contributed by atoms with Crippen LogP contribution in [0.3, 0.4) is 0 Å². The zero-order valence-corrected chi connectivity index (χ0v) is 10.5. The largest absolute Gasteiger partial charge is 0.349 e. The van der Waals surface area contributed by atoms with Crippen LogP contribution in [-0.2, 0) is 0 Å². The van der Waals surface area contributed by atoms with Crippen molar-refractivity contribution in [3.63, 3.8) is 0 Å². The third-order valence-electron chi connectivity index (χ3n) is 2.88. The second-order valence-corrected chi connectivity index (χ2v) is 4.61. The van der Waals surface area contributed by atoms with Crippen molar-refractivity contribution < 1.29 is 13.2 Å². The Bertz CT molecular complexity index is 459. The number of halogens is 3. The van der Waals surface area contributed by atoms with Crippen molar-refractivity contribution in [2.45, 2.75) is 19.3 Å². The van der Waals surface area contributed by atoms with E-state index in [1.54, 1.807) is 0 Å². The minimum Gasteiger partial charge on any atom is -0.349 e. The summed E-state index contributed by atoms with van der Waals surface area (Å²) in [6, 6.07) is 1.40. The van der Waals surface area contributed by atoms with Crippen LogP contribution in [0.2, 0.25) is 0 Å². The Hall–Kier alpha value is -1.30. The third kappa shape index (κ3) is 2.93. The van der Waals surface area contributed by atoms with Crippen LogP contribution in [0.1, 0.15) is 19.3 Å². The summed E-state index contributed by atoms with van der Waals surface area (Å²) in [4.78, 5) is 1.88. The van der Waals surface area contributed by atoms with Crippen LogP contribution in [0.25, 0.3) is 0 Å². The Labute approximate surface area is 109 Å². The molecule has 1 fully saturated rings. The highest BCUT2D eigenvalue weighted by Crippen LogP contribution is 2.20. The van der Waals surface area contributed by atoms with Crippen molar-refractivity contribution in [2.24, 2.45) is 0 Å². The molecule has 0 atom stereocenters. The molecule has 0 bridgehead atoms. The minimum absolute atomic E-state index is 0.261. The number of nitrogens with one attached hydrogen (secondary N) is 1. The van der Waals surface area contributed by atoms with Crippen LogP contribution < -0.4 is 5.32 Å². The summed E-state index contributed by atoms with van der Waals surface area (Å²) < 4.78 is 39.4. The highest BCUT2D eigenvalue weighted by atomic mass is 32.1. The van der Waals surface area contributed by atoms with Crippen LogP contribution in [0.15, 0.2) is 12.1 Å². The maximum absolute atomic E-state index is 13.4. The highest BCUT2D eigenvalue weighted by molar-refractivity contribution is 7.80. The first-order valence-electron chi connectivity index (χ1n) is 5.78. The molecule has 18 heavy (non-hydrogen) atoms. The van der Waals surface area contributed by atoms with Gasteiger partial charge in [-0.05, 0) is 31.5 Å². The van der Waals surface area contributed by atoms with Gasteiger partial charge in [0.25, 0.3) is 0 Å². The zero-order chi connectivity index (χ0) is 13.1. The summed E-state index contributed by atoms with van der Waals surface area (Å²) in [5, 5.41) is 2.87. The first-order chi connectivity index (χ1) is 8.58. The van der Waals surface area contributed by atoms with Gasteiger partial charge < -0.3 is 10.2 Å². The van der Waals surface area contributed by atoms with Gasteiger partial charge in [0, 0.05) is 25.2 Å². The topological polar surface area (TPSA) is 15.3 Å². The molecule has 2 nitrogen and oxygen atoms in total. The number of likely N-dealkylation sites (tertiary alicyclic amines) is 1. The molecule has 98 valence electrons. The number of rotatable bonds is 1. The van der Waals surface area contributed by atoms with E-state index in [9.17, 15) is 13.2 Å². The van der Waals surface area contributed by atoms with Gasteiger partial charge in [0.1, 0.15) is 5.82 Å². The number of thiocarbonyl (C=S) groups is 1. The average molecular weight is 274 g/mol. The molecule has 6 heteroatoms.